The van der Waals surface area contributed by atoms with Gasteiger partial charge in [0.25, 0.3) is 0 Å². The van der Waals surface area contributed by atoms with E-state index in [1.54, 1.807) is 0 Å². The van der Waals surface area contributed by atoms with Crippen LogP contribution in [0.4, 0.5) is 0 Å². The van der Waals surface area contributed by atoms with Crippen LogP contribution in [-0.4, -0.2) is 22.2 Å². The van der Waals surface area contributed by atoms with Gasteiger partial charge in [0.2, 0.25) is 0 Å². The molecular weight excluding hydrogens is 172 g/mol. The monoisotopic (exact) mass is 188 g/mol. The van der Waals surface area contributed by atoms with E-state index >= 15 is 0 Å². The summed E-state index contributed by atoms with van der Waals surface area (Å²) < 4.78 is 0. The lowest BCUT2D eigenvalue weighted by Crippen LogP contribution is -2.34. The molecule has 76 valence electrons. The average molecular weight is 188 g/mol. The number of carboxylic acids is 2. The van der Waals surface area contributed by atoms with Gasteiger partial charge in [-0.1, -0.05) is 0 Å². The molecule has 0 aromatic rings. The van der Waals surface area contributed by atoms with Crippen molar-refractivity contribution in [2.45, 2.75) is 34.1 Å². The highest BCUT2D eigenvalue weighted by Gasteiger charge is 2.38. The molecule has 0 aromatic carbocycles. The maximum Gasteiger partial charge on any atom is 0.309 e. The Balaban J connectivity index is 4.61. The number of carbonyl (C=O) groups is 2. The van der Waals surface area contributed by atoms with Gasteiger partial charge in [-0.15, -0.1) is 0 Å². The largest absolute Gasteiger partial charge is 0.481 e. The zero-order valence-electron chi connectivity index (χ0n) is 8.42. The van der Waals surface area contributed by atoms with Gasteiger partial charge in [-0.25, -0.2) is 0 Å². The fourth-order valence-electron chi connectivity index (χ4n) is 1.26. The molecule has 2 N–H and O–H groups in total. The van der Waals surface area contributed by atoms with E-state index in [2.05, 4.69) is 0 Å². The molecule has 0 saturated heterocycles. The molecule has 0 unspecified atom stereocenters. The smallest absolute Gasteiger partial charge is 0.309 e. The van der Waals surface area contributed by atoms with Crippen LogP contribution in [0.3, 0.4) is 0 Å². The second kappa shape index (κ2) is 3.36. The first-order valence-corrected chi connectivity index (χ1v) is 4.06. The summed E-state index contributed by atoms with van der Waals surface area (Å²) in [5.74, 6) is -1.94. The van der Waals surface area contributed by atoms with Crippen LogP contribution in [0.1, 0.15) is 34.1 Å². The highest BCUT2D eigenvalue weighted by molar-refractivity contribution is 5.77. The van der Waals surface area contributed by atoms with E-state index in [4.69, 9.17) is 10.2 Å². The van der Waals surface area contributed by atoms with Crippen LogP contribution >= 0.6 is 0 Å². The Hall–Kier alpha value is -1.06. The minimum Gasteiger partial charge on any atom is -0.481 e. The second-order valence-corrected chi connectivity index (χ2v) is 4.55. The molecular formula is C9H16O4. The van der Waals surface area contributed by atoms with Crippen molar-refractivity contribution < 1.29 is 19.8 Å². The zero-order chi connectivity index (χ0) is 10.9. The maximum atomic E-state index is 10.7. The van der Waals surface area contributed by atoms with E-state index in [0.717, 1.165) is 0 Å². The zero-order valence-corrected chi connectivity index (χ0v) is 8.42. The van der Waals surface area contributed by atoms with Crippen molar-refractivity contribution in [1.29, 1.82) is 0 Å². The average Bonchev–Trinajstić information content (AvgIpc) is 1.83. The van der Waals surface area contributed by atoms with Crippen molar-refractivity contribution in [2.24, 2.45) is 10.8 Å². The van der Waals surface area contributed by atoms with Gasteiger partial charge in [0.05, 0.1) is 10.8 Å². The Labute approximate surface area is 77.6 Å². The molecule has 0 amide bonds. The Morgan fingerprint density at radius 3 is 1.31 bits per heavy atom. The van der Waals surface area contributed by atoms with E-state index in [1.165, 1.54) is 27.7 Å². The highest BCUT2D eigenvalue weighted by atomic mass is 16.4. The Morgan fingerprint density at radius 1 is 0.923 bits per heavy atom. The Kier molecular flexibility index (Phi) is 3.08. The van der Waals surface area contributed by atoms with Crippen molar-refractivity contribution in [3.63, 3.8) is 0 Å². The summed E-state index contributed by atoms with van der Waals surface area (Å²) in [6.45, 7) is 6.11. The summed E-state index contributed by atoms with van der Waals surface area (Å²) in [6, 6.07) is 0. The van der Waals surface area contributed by atoms with Gasteiger partial charge in [0, 0.05) is 0 Å². The molecule has 0 atom stereocenters. The number of hydrogen-bond donors (Lipinski definition) is 2. The normalized spacial score (nSPS) is 12.6. The maximum absolute atomic E-state index is 10.7. The summed E-state index contributed by atoms with van der Waals surface area (Å²) >= 11 is 0. The second-order valence-electron chi connectivity index (χ2n) is 4.55. The van der Waals surface area contributed by atoms with Crippen LogP contribution in [0, 0.1) is 10.8 Å². The summed E-state index contributed by atoms with van der Waals surface area (Å²) in [5.41, 5.74) is -2.00. The van der Waals surface area contributed by atoms with Gasteiger partial charge < -0.3 is 10.2 Å². The molecule has 0 rings (SSSR count). The standard InChI is InChI=1S/C9H16O4/c1-8(2,6(10)11)5-9(3,4)7(12)13/h5H2,1-4H3,(H,10,11)(H,12,13). The quantitative estimate of drug-likeness (QED) is 0.702. The van der Waals surface area contributed by atoms with E-state index < -0.39 is 22.8 Å². The first kappa shape index (κ1) is 11.9. The van der Waals surface area contributed by atoms with Crippen molar-refractivity contribution in [1.82, 2.24) is 0 Å². The number of carboxylic acid groups (broad SMARTS) is 2. The molecule has 0 saturated carbocycles. The van der Waals surface area contributed by atoms with Gasteiger partial charge in [0.1, 0.15) is 0 Å². The molecule has 0 aliphatic rings. The van der Waals surface area contributed by atoms with Crippen molar-refractivity contribution in [3.05, 3.63) is 0 Å². The molecule has 0 bridgehead atoms. The van der Waals surface area contributed by atoms with Gasteiger partial charge in [-0.2, -0.15) is 0 Å². The first-order chi connectivity index (χ1) is 5.59. The number of aliphatic carboxylic acids is 2. The molecule has 0 radical (unpaired) electrons. The van der Waals surface area contributed by atoms with Crippen LogP contribution in [0.25, 0.3) is 0 Å². The van der Waals surface area contributed by atoms with Crippen molar-refractivity contribution in [3.8, 4) is 0 Å². The third-order valence-corrected chi connectivity index (χ3v) is 2.04. The van der Waals surface area contributed by atoms with Crippen LogP contribution in [-0.2, 0) is 9.59 Å². The first-order valence-electron chi connectivity index (χ1n) is 4.06. The lowest BCUT2D eigenvalue weighted by Gasteiger charge is -2.28. The predicted molar refractivity (Wildman–Crippen MR) is 47.5 cm³/mol. The highest BCUT2D eigenvalue weighted by Crippen LogP contribution is 2.33. The van der Waals surface area contributed by atoms with Crippen LogP contribution < -0.4 is 0 Å². The molecule has 0 spiro atoms. The molecule has 0 fully saturated rings. The fraction of sp³-hybridized carbons (Fsp3) is 0.778. The molecule has 0 aromatic heterocycles. The van der Waals surface area contributed by atoms with Crippen molar-refractivity contribution in [2.75, 3.05) is 0 Å². The summed E-state index contributed by atoms with van der Waals surface area (Å²) in [5, 5.41) is 17.6. The third-order valence-electron chi connectivity index (χ3n) is 2.04. The molecule has 4 heteroatoms. The van der Waals surface area contributed by atoms with Gasteiger partial charge in [0.15, 0.2) is 0 Å². The van der Waals surface area contributed by atoms with E-state index in [1.807, 2.05) is 0 Å². The third kappa shape index (κ3) is 3.05. The minimum absolute atomic E-state index is 0.116. The molecule has 0 aliphatic carbocycles. The van der Waals surface area contributed by atoms with E-state index in [0.29, 0.717) is 0 Å². The number of rotatable bonds is 4. The molecule has 0 aliphatic heterocycles. The van der Waals surface area contributed by atoms with Crippen molar-refractivity contribution >= 4 is 11.9 Å². The fourth-order valence-corrected chi connectivity index (χ4v) is 1.26. The number of hydrogen-bond acceptors (Lipinski definition) is 2. The summed E-state index contributed by atoms with van der Waals surface area (Å²) in [6.07, 6.45) is 0.116. The SMILES string of the molecule is CC(C)(CC(C)(C)C(=O)O)C(=O)O. The van der Waals surface area contributed by atoms with Crippen LogP contribution in [0.2, 0.25) is 0 Å². The summed E-state index contributed by atoms with van der Waals surface area (Å²) in [7, 11) is 0. The van der Waals surface area contributed by atoms with E-state index in [9.17, 15) is 9.59 Å². The Bertz CT molecular complexity index is 204. The summed E-state index contributed by atoms with van der Waals surface area (Å²) in [4.78, 5) is 21.5. The van der Waals surface area contributed by atoms with Gasteiger partial charge in [-0.05, 0) is 34.1 Å². The predicted octanol–water partition coefficient (Wildman–Crippen LogP) is 1.60. The lowest BCUT2D eigenvalue weighted by molar-refractivity contribution is -0.154. The lowest BCUT2D eigenvalue weighted by atomic mass is 9.75. The van der Waals surface area contributed by atoms with E-state index in [-0.39, 0.29) is 6.42 Å². The molecule has 0 heterocycles. The molecule has 13 heavy (non-hydrogen) atoms. The minimum atomic E-state index is -0.998. The van der Waals surface area contributed by atoms with Gasteiger partial charge in [-0.3, -0.25) is 9.59 Å². The topological polar surface area (TPSA) is 74.6 Å². The molecule has 4 nitrogen and oxygen atoms in total. The Morgan fingerprint density at radius 2 is 1.15 bits per heavy atom. The van der Waals surface area contributed by atoms with Crippen LogP contribution in [0.5, 0.6) is 0 Å². The van der Waals surface area contributed by atoms with Crippen LogP contribution in [0.15, 0.2) is 0 Å². The van der Waals surface area contributed by atoms with Gasteiger partial charge >= 0.3 is 11.9 Å².